The third kappa shape index (κ3) is 5.37. The molecular weight excluding hydrogens is 196 g/mol. The Labute approximate surface area is 90.4 Å². The number of nitrogens with two attached hydrogens (primary N) is 1. The summed E-state index contributed by atoms with van der Waals surface area (Å²) in [6.45, 7) is 4.51. The van der Waals surface area contributed by atoms with Crippen LogP contribution in [-0.4, -0.2) is 32.1 Å². The predicted molar refractivity (Wildman–Crippen MR) is 57.0 cm³/mol. The Morgan fingerprint density at radius 3 is 2.40 bits per heavy atom. The minimum absolute atomic E-state index is 0.101. The number of carbonyl (C=O) groups excluding carboxylic acids is 2. The molecule has 1 amide bonds. The first-order valence-electron chi connectivity index (χ1n) is 5.07. The molecule has 0 saturated heterocycles. The summed E-state index contributed by atoms with van der Waals surface area (Å²) in [7, 11) is 1.32. The number of carbonyl (C=O) groups is 2. The summed E-state index contributed by atoms with van der Waals surface area (Å²) >= 11 is 0. The molecule has 5 nitrogen and oxygen atoms in total. The lowest BCUT2D eigenvalue weighted by Gasteiger charge is -2.17. The van der Waals surface area contributed by atoms with E-state index < -0.39 is 0 Å². The maximum atomic E-state index is 11.5. The predicted octanol–water partition coefficient (Wildman–Crippen LogP) is -0.103. The number of esters is 1. The number of amides is 1. The van der Waals surface area contributed by atoms with Crippen LogP contribution in [0, 0.1) is 11.8 Å². The summed E-state index contributed by atoms with van der Waals surface area (Å²) in [5, 5.41) is 2.66. The number of rotatable bonds is 6. The topological polar surface area (TPSA) is 81.4 Å². The molecule has 0 radical (unpaired) electrons. The molecule has 0 aliphatic carbocycles. The van der Waals surface area contributed by atoms with Gasteiger partial charge < -0.3 is 15.8 Å². The van der Waals surface area contributed by atoms with E-state index in [1.807, 2.05) is 13.8 Å². The molecule has 1 atom stereocenters. The van der Waals surface area contributed by atoms with Gasteiger partial charge in [-0.2, -0.15) is 0 Å². The van der Waals surface area contributed by atoms with Gasteiger partial charge in [0.1, 0.15) is 0 Å². The summed E-state index contributed by atoms with van der Waals surface area (Å²) < 4.78 is 4.45. The quantitative estimate of drug-likeness (QED) is 0.607. The maximum absolute atomic E-state index is 11.5. The minimum Gasteiger partial charge on any atom is -0.469 e. The molecule has 0 spiro atoms. The fourth-order valence-electron chi connectivity index (χ4n) is 1.20. The van der Waals surface area contributed by atoms with Crippen LogP contribution in [0.2, 0.25) is 0 Å². The Bertz CT molecular complexity index is 217. The zero-order valence-corrected chi connectivity index (χ0v) is 9.58. The third-order valence-corrected chi connectivity index (χ3v) is 2.25. The highest BCUT2D eigenvalue weighted by Crippen LogP contribution is 2.08. The van der Waals surface area contributed by atoms with Crippen LogP contribution in [0.3, 0.4) is 0 Å². The van der Waals surface area contributed by atoms with Gasteiger partial charge in [0, 0.05) is 13.1 Å². The first-order chi connectivity index (χ1) is 7.02. The van der Waals surface area contributed by atoms with E-state index >= 15 is 0 Å². The summed E-state index contributed by atoms with van der Waals surface area (Å²) in [5.74, 6) is -0.420. The van der Waals surface area contributed by atoms with Crippen LogP contribution < -0.4 is 11.1 Å². The molecule has 0 aromatic rings. The third-order valence-electron chi connectivity index (χ3n) is 2.25. The van der Waals surface area contributed by atoms with Crippen molar-refractivity contribution in [3.05, 3.63) is 0 Å². The van der Waals surface area contributed by atoms with Crippen molar-refractivity contribution in [1.82, 2.24) is 5.32 Å². The van der Waals surface area contributed by atoms with Crippen molar-refractivity contribution >= 4 is 11.9 Å². The van der Waals surface area contributed by atoms with E-state index in [1.54, 1.807) is 0 Å². The van der Waals surface area contributed by atoms with Crippen molar-refractivity contribution in [2.45, 2.75) is 20.3 Å². The van der Waals surface area contributed by atoms with Crippen molar-refractivity contribution in [3.63, 3.8) is 0 Å². The highest BCUT2D eigenvalue weighted by atomic mass is 16.5. The average Bonchev–Trinajstić information content (AvgIpc) is 2.17. The van der Waals surface area contributed by atoms with Gasteiger partial charge >= 0.3 is 5.97 Å². The molecule has 15 heavy (non-hydrogen) atoms. The summed E-state index contributed by atoms with van der Waals surface area (Å²) in [6, 6.07) is 0. The van der Waals surface area contributed by atoms with E-state index in [0.29, 0.717) is 13.1 Å². The standard InChI is InChI=1S/C10H20N2O3/c1-7(2)8(6-11)10(14)12-5-4-9(13)15-3/h7-8H,4-6,11H2,1-3H3,(H,12,14). The lowest BCUT2D eigenvalue weighted by atomic mass is 9.95. The van der Waals surface area contributed by atoms with Gasteiger partial charge in [0.05, 0.1) is 19.4 Å². The number of methoxy groups -OCH3 is 1. The fraction of sp³-hybridized carbons (Fsp3) is 0.800. The van der Waals surface area contributed by atoms with Crippen LogP contribution in [-0.2, 0) is 14.3 Å². The van der Waals surface area contributed by atoms with Crippen molar-refractivity contribution in [1.29, 1.82) is 0 Å². The Morgan fingerprint density at radius 1 is 1.40 bits per heavy atom. The highest BCUT2D eigenvalue weighted by Gasteiger charge is 2.19. The van der Waals surface area contributed by atoms with Crippen molar-refractivity contribution in [2.24, 2.45) is 17.6 Å². The van der Waals surface area contributed by atoms with Crippen LogP contribution in [0.1, 0.15) is 20.3 Å². The second-order valence-corrected chi connectivity index (χ2v) is 3.70. The van der Waals surface area contributed by atoms with E-state index in [9.17, 15) is 9.59 Å². The van der Waals surface area contributed by atoms with Crippen LogP contribution >= 0.6 is 0 Å². The van der Waals surface area contributed by atoms with Crippen LogP contribution in [0.5, 0.6) is 0 Å². The van der Waals surface area contributed by atoms with Gasteiger partial charge in [-0.05, 0) is 5.92 Å². The lowest BCUT2D eigenvalue weighted by Crippen LogP contribution is -2.38. The van der Waals surface area contributed by atoms with E-state index in [2.05, 4.69) is 10.1 Å². The second kappa shape index (κ2) is 7.23. The van der Waals surface area contributed by atoms with E-state index in [1.165, 1.54) is 7.11 Å². The summed E-state index contributed by atoms with van der Waals surface area (Å²) in [5.41, 5.74) is 5.48. The Hall–Kier alpha value is -1.10. The summed E-state index contributed by atoms with van der Waals surface area (Å²) in [4.78, 5) is 22.3. The van der Waals surface area contributed by atoms with E-state index in [0.717, 1.165) is 0 Å². The minimum atomic E-state index is -0.329. The molecule has 0 heterocycles. The molecule has 3 N–H and O–H groups in total. The maximum Gasteiger partial charge on any atom is 0.307 e. The normalized spacial score (nSPS) is 12.3. The van der Waals surface area contributed by atoms with Gasteiger partial charge in [-0.25, -0.2) is 0 Å². The Morgan fingerprint density at radius 2 is 2.00 bits per heavy atom. The molecule has 5 heteroatoms. The van der Waals surface area contributed by atoms with Gasteiger partial charge in [0.2, 0.25) is 5.91 Å². The van der Waals surface area contributed by atoms with Crippen LogP contribution in [0.4, 0.5) is 0 Å². The van der Waals surface area contributed by atoms with Gasteiger partial charge in [-0.3, -0.25) is 9.59 Å². The molecule has 0 saturated carbocycles. The van der Waals surface area contributed by atoms with Gasteiger partial charge in [-0.1, -0.05) is 13.8 Å². The van der Waals surface area contributed by atoms with Gasteiger partial charge in [0.15, 0.2) is 0 Å². The highest BCUT2D eigenvalue weighted by molar-refractivity contribution is 5.79. The van der Waals surface area contributed by atoms with E-state index in [4.69, 9.17) is 5.73 Å². The first kappa shape index (κ1) is 13.9. The molecule has 0 aliphatic rings. The van der Waals surface area contributed by atoms with Gasteiger partial charge in [0.25, 0.3) is 0 Å². The molecule has 0 aromatic carbocycles. The molecular formula is C10H20N2O3. The van der Waals surface area contributed by atoms with Gasteiger partial charge in [-0.15, -0.1) is 0 Å². The van der Waals surface area contributed by atoms with Crippen molar-refractivity contribution in [2.75, 3.05) is 20.2 Å². The molecule has 0 fully saturated rings. The smallest absolute Gasteiger partial charge is 0.307 e. The first-order valence-corrected chi connectivity index (χ1v) is 5.07. The lowest BCUT2D eigenvalue weighted by molar-refractivity contribution is -0.140. The number of hydrogen-bond donors (Lipinski definition) is 2. The molecule has 1 unspecified atom stereocenters. The van der Waals surface area contributed by atoms with Crippen molar-refractivity contribution < 1.29 is 14.3 Å². The number of nitrogens with one attached hydrogen (secondary N) is 1. The number of ether oxygens (including phenoxy) is 1. The zero-order valence-electron chi connectivity index (χ0n) is 9.58. The molecule has 0 aromatic heterocycles. The monoisotopic (exact) mass is 216 g/mol. The molecule has 88 valence electrons. The SMILES string of the molecule is COC(=O)CCNC(=O)C(CN)C(C)C. The Balaban J connectivity index is 3.86. The Kier molecular flexibility index (Phi) is 6.70. The fourth-order valence-corrected chi connectivity index (χ4v) is 1.20. The van der Waals surface area contributed by atoms with Crippen molar-refractivity contribution in [3.8, 4) is 0 Å². The summed E-state index contributed by atoms with van der Waals surface area (Å²) in [6.07, 6.45) is 0.192. The second-order valence-electron chi connectivity index (χ2n) is 3.70. The largest absolute Gasteiger partial charge is 0.469 e. The van der Waals surface area contributed by atoms with E-state index in [-0.39, 0.29) is 30.1 Å². The molecule has 0 aliphatic heterocycles. The van der Waals surface area contributed by atoms with Crippen LogP contribution in [0.25, 0.3) is 0 Å². The van der Waals surface area contributed by atoms with Crippen LogP contribution in [0.15, 0.2) is 0 Å². The molecule has 0 rings (SSSR count). The number of hydrogen-bond acceptors (Lipinski definition) is 4. The molecule has 0 bridgehead atoms. The average molecular weight is 216 g/mol. The zero-order chi connectivity index (χ0) is 11.8.